The Morgan fingerprint density at radius 1 is 1.16 bits per heavy atom. The molecule has 0 aliphatic heterocycles. The molecule has 2 aromatic heterocycles. The number of hydrogen-bond donors (Lipinski definition) is 2. The summed E-state index contributed by atoms with van der Waals surface area (Å²) >= 11 is 1.71. The zero-order chi connectivity index (χ0) is 23.0. The Hall–Kier alpha value is -2.31. The molecule has 0 spiro atoms. The Kier molecular flexibility index (Phi) is 6.37. The molecule has 1 aliphatic rings. The highest BCUT2D eigenvalue weighted by Crippen LogP contribution is 2.42. The monoisotopic (exact) mass is 451 g/mol. The van der Waals surface area contributed by atoms with Crippen molar-refractivity contribution >= 4 is 33.1 Å². The van der Waals surface area contributed by atoms with Crippen molar-refractivity contribution in [3.63, 3.8) is 0 Å². The quantitative estimate of drug-likeness (QED) is 0.470. The van der Waals surface area contributed by atoms with Crippen LogP contribution in [0.4, 0.5) is 5.69 Å². The van der Waals surface area contributed by atoms with Crippen molar-refractivity contribution in [1.82, 2.24) is 9.97 Å². The number of anilines is 1. The van der Waals surface area contributed by atoms with Gasteiger partial charge in [-0.15, -0.1) is 11.3 Å². The minimum atomic E-state index is -1.12. The highest BCUT2D eigenvalue weighted by atomic mass is 32.1. The third-order valence-corrected chi connectivity index (χ3v) is 7.82. The summed E-state index contributed by atoms with van der Waals surface area (Å²) in [6.45, 7) is 9.97. The summed E-state index contributed by atoms with van der Waals surface area (Å²) in [5.41, 5.74) is 2.19. The van der Waals surface area contributed by atoms with Crippen LogP contribution >= 0.6 is 11.3 Å². The minimum Gasteiger partial charge on any atom is -0.386 e. The lowest BCUT2D eigenvalue weighted by Gasteiger charge is -2.29. The van der Waals surface area contributed by atoms with E-state index in [0.717, 1.165) is 27.7 Å². The number of rotatable bonds is 5. The number of aliphatic hydroxyl groups is 1. The number of carbonyl (C=O) groups is 1. The zero-order valence-corrected chi connectivity index (χ0v) is 20.4. The number of benzene rings is 1. The maximum atomic E-state index is 12.9. The first-order valence-electron chi connectivity index (χ1n) is 11.5. The van der Waals surface area contributed by atoms with Crippen LogP contribution in [-0.4, -0.2) is 21.0 Å². The molecular weight excluding hydrogens is 418 g/mol. The fourth-order valence-corrected chi connectivity index (χ4v) is 5.82. The molecule has 6 heteroatoms. The van der Waals surface area contributed by atoms with Gasteiger partial charge >= 0.3 is 0 Å². The summed E-state index contributed by atoms with van der Waals surface area (Å²) in [5, 5.41) is 15.0. The summed E-state index contributed by atoms with van der Waals surface area (Å²) in [4.78, 5) is 22.1. The van der Waals surface area contributed by atoms with Gasteiger partial charge in [0.05, 0.1) is 20.8 Å². The summed E-state index contributed by atoms with van der Waals surface area (Å²) in [6, 6.07) is 9.26. The molecule has 0 bridgehead atoms. The minimum absolute atomic E-state index is 0.282. The summed E-state index contributed by atoms with van der Waals surface area (Å²) in [7, 11) is 0. The summed E-state index contributed by atoms with van der Waals surface area (Å²) in [6.07, 6.45) is 4.89. The van der Waals surface area contributed by atoms with Crippen LogP contribution < -0.4 is 5.32 Å². The first-order valence-corrected chi connectivity index (χ1v) is 12.4. The third kappa shape index (κ3) is 4.86. The van der Waals surface area contributed by atoms with Crippen molar-refractivity contribution in [1.29, 1.82) is 0 Å². The van der Waals surface area contributed by atoms with Crippen molar-refractivity contribution in [2.24, 2.45) is 11.8 Å². The number of hydrogen-bond acceptors (Lipinski definition) is 5. The van der Waals surface area contributed by atoms with Crippen molar-refractivity contribution in [3.8, 4) is 0 Å². The first-order chi connectivity index (χ1) is 15.1. The predicted octanol–water partition coefficient (Wildman–Crippen LogP) is 6.41. The van der Waals surface area contributed by atoms with Gasteiger partial charge in [-0.05, 0) is 82.6 Å². The van der Waals surface area contributed by atoms with Crippen LogP contribution in [0.15, 0.2) is 30.3 Å². The maximum Gasteiger partial charge on any atom is 0.274 e. The molecule has 1 amide bonds. The molecule has 0 atom stereocenters. The molecule has 1 aliphatic carbocycles. The fourth-order valence-electron chi connectivity index (χ4n) is 4.66. The van der Waals surface area contributed by atoms with Crippen LogP contribution in [-0.2, 0) is 5.60 Å². The van der Waals surface area contributed by atoms with E-state index in [2.05, 4.69) is 24.1 Å². The Labute approximate surface area is 194 Å². The number of aromatic nitrogens is 2. The lowest BCUT2D eigenvalue weighted by Crippen LogP contribution is -2.21. The van der Waals surface area contributed by atoms with Gasteiger partial charge in [-0.1, -0.05) is 19.9 Å². The Morgan fingerprint density at radius 2 is 1.88 bits per heavy atom. The van der Waals surface area contributed by atoms with Gasteiger partial charge in [0.15, 0.2) is 0 Å². The van der Waals surface area contributed by atoms with Gasteiger partial charge in [0, 0.05) is 22.9 Å². The standard InChI is InChI=1S/C26H33N3O2S/c1-15(2)17-9-11-18(12-10-17)25-29-22-13-19(26(4,5)31)21(14-23(22)32-25)28-24(30)20-8-6-7-16(3)27-20/h6-8,13-15,17-18,31H,9-12H2,1-5H3,(H,28,30)/t17-,18-. The second kappa shape index (κ2) is 8.91. The van der Waals surface area contributed by atoms with Gasteiger partial charge in [-0.3, -0.25) is 4.79 Å². The fraction of sp³-hybridized carbons (Fsp3) is 0.500. The van der Waals surface area contributed by atoms with Crippen molar-refractivity contribution in [2.75, 3.05) is 5.32 Å². The number of nitrogens with zero attached hydrogens (tertiary/aromatic N) is 2. The van der Waals surface area contributed by atoms with Crippen LogP contribution in [0.5, 0.6) is 0 Å². The van der Waals surface area contributed by atoms with Gasteiger partial charge in [0.1, 0.15) is 5.69 Å². The molecule has 0 saturated heterocycles. The van der Waals surface area contributed by atoms with Crippen LogP contribution in [0.1, 0.15) is 86.0 Å². The number of fused-ring (bicyclic) bond motifs is 1. The molecule has 2 N–H and O–H groups in total. The van der Waals surface area contributed by atoms with Crippen LogP contribution in [0, 0.1) is 18.8 Å². The number of pyridine rings is 1. The molecule has 0 unspecified atom stereocenters. The molecule has 1 saturated carbocycles. The number of carbonyl (C=O) groups excluding carboxylic acids is 1. The van der Waals surface area contributed by atoms with E-state index in [1.54, 1.807) is 31.3 Å². The van der Waals surface area contributed by atoms with Gasteiger partial charge < -0.3 is 10.4 Å². The highest BCUT2D eigenvalue weighted by molar-refractivity contribution is 7.18. The van der Waals surface area contributed by atoms with E-state index in [4.69, 9.17) is 4.98 Å². The van der Waals surface area contributed by atoms with E-state index in [9.17, 15) is 9.90 Å². The van der Waals surface area contributed by atoms with Crippen LogP contribution in [0.2, 0.25) is 0 Å². The number of thiazole rings is 1. The zero-order valence-electron chi connectivity index (χ0n) is 19.6. The smallest absolute Gasteiger partial charge is 0.274 e. The van der Waals surface area contributed by atoms with E-state index in [-0.39, 0.29) is 5.91 Å². The van der Waals surface area contributed by atoms with Gasteiger partial charge in [-0.2, -0.15) is 0 Å². The Morgan fingerprint density at radius 3 is 2.50 bits per heavy atom. The molecule has 170 valence electrons. The van der Waals surface area contributed by atoms with Gasteiger partial charge in [-0.25, -0.2) is 9.97 Å². The molecule has 4 rings (SSSR count). The van der Waals surface area contributed by atoms with Crippen molar-refractivity contribution in [3.05, 3.63) is 52.3 Å². The van der Waals surface area contributed by atoms with E-state index in [1.807, 2.05) is 31.2 Å². The molecule has 0 radical (unpaired) electrons. The SMILES string of the molecule is Cc1cccc(C(=O)Nc2cc3sc([C@H]4CC[C@H](C(C)C)CC4)nc3cc2C(C)(C)O)n1. The average Bonchev–Trinajstić information content (AvgIpc) is 3.15. The van der Waals surface area contributed by atoms with E-state index >= 15 is 0 Å². The normalized spacial score (nSPS) is 19.5. The summed E-state index contributed by atoms with van der Waals surface area (Å²) in [5.74, 6) is 1.78. The topological polar surface area (TPSA) is 75.1 Å². The lowest BCUT2D eigenvalue weighted by molar-refractivity contribution is 0.0794. The number of aryl methyl sites for hydroxylation is 1. The molecule has 2 heterocycles. The largest absolute Gasteiger partial charge is 0.386 e. The second-order valence-corrected chi connectivity index (χ2v) is 11.0. The number of nitrogens with one attached hydrogen (secondary N) is 1. The van der Waals surface area contributed by atoms with Gasteiger partial charge in [0.25, 0.3) is 5.91 Å². The molecular formula is C26H33N3O2S. The maximum absolute atomic E-state index is 12.9. The van der Waals surface area contributed by atoms with E-state index in [0.29, 0.717) is 22.9 Å². The van der Waals surface area contributed by atoms with Crippen LogP contribution in [0.3, 0.4) is 0 Å². The summed E-state index contributed by atoms with van der Waals surface area (Å²) < 4.78 is 1.03. The molecule has 1 fully saturated rings. The highest BCUT2D eigenvalue weighted by Gasteiger charge is 2.28. The Balaban J connectivity index is 1.64. The third-order valence-electron chi connectivity index (χ3n) is 6.64. The molecule has 1 aromatic carbocycles. The van der Waals surface area contributed by atoms with Crippen LogP contribution in [0.25, 0.3) is 10.2 Å². The predicted molar refractivity (Wildman–Crippen MR) is 131 cm³/mol. The molecule has 3 aromatic rings. The second-order valence-electron chi connectivity index (χ2n) is 9.95. The van der Waals surface area contributed by atoms with Crippen molar-refractivity contribution in [2.45, 2.75) is 71.8 Å². The lowest BCUT2D eigenvalue weighted by atomic mass is 9.77. The van der Waals surface area contributed by atoms with E-state index in [1.165, 1.54) is 30.7 Å². The average molecular weight is 452 g/mol. The Bertz CT molecular complexity index is 1120. The van der Waals surface area contributed by atoms with E-state index < -0.39 is 5.60 Å². The molecule has 5 nitrogen and oxygen atoms in total. The molecule has 32 heavy (non-hydrogen) atoms. The first kappa shape index (κ1) is 22.9. The van der Waals surface area contributed by atoms with Gasteiger partial charge in [0.2, 0.25) is 0 Å². The van der Waals surface area contributed by atoms with Crippen molar-refractivity contribution < 1.29 is 9.90 Å². The number of amides is 1.